The summed E-state index contributed by atoms with van der Waals surface area (Å²) >= 11 is 0. The number of aromatic nitrogens is 2. The number of pyridine rings is 2. The normalized spacial score (nSPS) is 11.9. The summed E-state index contributed by atoms with van der Waals surface area (Å²) in [5.41, 5.74) is 2.38. The van der Waals surface area contributed by atoms with Crippen molar-refractivity contribution in [1.82, 2.24) is 19.8 Å². The SMILES string of the molecule is COC(=O)c1cccc(CN(CCO)CCOCCOCCN(CCO)C(c2ccc(C(=O)O)cc2)c2cccc(C(=O)OC)n2)n1. The monoisotopic (exact) mass is 654 g/mol. The molecule has 2 aromatic heterocycles. The summed E-state index contributed by atoms with van der Waals surface area (Å²) in [6, 6.07) is 15.9. The Bertz CT molecular complexity index is 1420. The van der Waals surface area contributed by atoms with Gasteiger partial charge < -0.3 is 34.3 Å². The van der Waals surface area contributed by atoms with Crippen molar-refractivity contribution in [1.29, 1.82) is 0 Å². The molecule has 0 saturated carbocycles. The van der Waals surface area contributed by atoms with Gasteiger partial charge in [0.2, 0.25) is 0 Å². The van der Waals surface area contributed by atoms with Crippen LogP contribution in [-0.4, -0.2) is 133 Å². The first kappa shape index (κ1) is 37.2. The molecular weight excluding hydrogens is 612 g/mol. The molecule has 3 aromatic rings. The third-order valence-corrected chi connectivity index (χ3v) is 7.12. The van der Waals surface area contributed by atoms with Gasteiger partial charge in [-0.15, -0.1) is 0 Å². The summed E-state index contributed by atoms with van der Waals surface area (Å²) in [5.74, 6) is -2.16. The molecule has 14 heteroatoms. The van der Waals surface area contributed by atoms with E-state index >= 15 is 0 Å². The highest BCUT2D eigenvalue weighted by atomic mass is 16.5. The van der Waals surface area contributed by atoms with Gasteiger partial charge in [-0.25, -0.2) is 24.4 Å². The van der Waals surface area contributed by atoms with Gasteiger partial charge in [-0.3, -0.25) is 9.80 Å². The molecule has 254 valence electrons. The Morgan fingerprint density at radius 1 is 0.723 bits per heavy atom. The summed E-state index contributed by atoms with van der Waals surface area (Å²) in [7, 11) is 2.57. The number of benzene rings is 1. The van der Waals surface area contributed by atoms with E-state index in [0.717, 1.165) is 5.56 Å². The van der Waals surface area contributed by atoms with Crippen LogP contribution in [0.25, 0.3) is 0 Å². The van der Waals surface area contributed by atoms with Gasteiger partial charge in [-0.2, -0.15) is 0 Å². The molecule has 0 aliphatic heterocycles. The molecule has 1 atom stereocenters. The van der Waals surface area contributed by atoms with Crippen LogP contribution in [0.5, 0.6) is 0 Å². The second kappa shape index (κ2) is 20.0. The quantitative estimate of drug-likeness (QED) is 0.111. The van der Waals surface area contributed by atoms with E-state index in [4.69, 9.17) is 18.9 Å². The maximum absolute atomic E-state index is 12.2. The van der Waals surface area contributed by atoms with E-state index in [2.05, 4.69) is 9.97 Å². The van der Waals surface area contributed by atoms with E-state index in [-0.39, 0.29) is 36.7 Å². The number of ether oxygens (including phenoxy) is 4. The number of rotatable bonds is 21. The van der Waals surface area contributed by atoms with Crippen LogP contribution >= 0.6 is 0 Å². The van der Waals surface area contributed by atoms with Crippen molar-refractivity contribution in [3.8, 4) is 0 Å². The van der Waals surface area contributed by atoms with Gasteiger partial charge in [0.25, 0.3) is 0 Å². The maximum atomic E-state index is 12.2. The molecule has 0 aliphatic carbocycles. The zero-order valence-electron chi connectivity index (χ0n) is 26.6. The van der Waals surface area contributed by atoms with Crippen LogP contribution < -0.4 is 0 Å². The van der Waals surface area contributed by atoms with Crippen molar-refractivity contribution < 1.29 is 48.7 Å². The number of hydrogen-bond donors (Lipinski definition) is 3. The second-order valence-electron chi connectivity index (χ2n) is 10.3. The molecule has 0 fully saturated rings. The predicted octanol–water partition coefficient (Wildman–Crippen LogP) is 1.66. The van der Waals surface area contributed by atoms with Crippen molar-refractivity contribution in [2.75, 3.05) is 80.0 Å². The summed E-state index contributed by atoms with van der Waals surface area (Å²) < 4.78 is 21.1. The number of carbonyl (C=O) groups excluding carboxylic acids is 2. The lowest BCUT2D eigenvalue weighted by atomic mass is 9.99. The van der Waals surface area contributed by atoms with Gasteiger partial charge in [-0.05, 0) is 42.0 Å². The van der Waals surface area contributed by atoms with Crippen LogP contribution in [0.3, 0.4) is 0 Å². The average Bonchev–Trinajstić information content (AvgIpc) is 3.09. The molecule has 14 nitrogen and oxygen atoms in total. The number of aromatic carboxylic acids is 1. The van der Waals surface area contributed by atoms with Crippen LogP contribution in [0.4, 0.5) is 0 Å². The van der Waals surface area contributed by atoms with Crippen LogP contribution in [-0.2, 0) is 25.5 Å². The van der Waals surface area contributed by atoms with E-state index in [1.807, 2.05) is 9.80 Å². The maximum Gasteiger partial charge on any atom is 0.356 e. The lowest BCUT2D eigenvalue weighted by Crippen LogP contribution is -2.36. The third-order valence-electron chi connectivity index (χ3n) is 7.12. The summed E-state index contributed by atoms with van der Waals surface area (Å²) in [4.78, 5) is 48.1. The Morgan fingerprint density at radius 2 is 1.32 bits per heavy atom. The largest absolute Gasteiger partial charge is 0.478 e. The first-order chi connectivity index (χ1) is 22.8. The number of aliphatic hydroxyl groups is 2. The molecule has 0 aliphatic rings. The minimum atomic E-state index is -1.05. The number of esters is 2. The van der Waals surface area contributed by atoms with Crippen molar-refractivity contribution in [2.24, 2.45) is 0 Å². The first-order valence-corrected chi connectivity index (χ1v) is 15.1. The number of aliphatic hydroxyl groups excluding tert-OH is 2. The molecule has 1 unspecified atom stereocenters. The van der Waals surface area contributed by atoms with Crippen molar-refractivity contribution in [3.63, 3.8) is 0 Å². The highest BCUT2D eigenvalue weighted by Crippen LogP contribution is 2.28. The van der Waals surface area contributed by atoms with Crippen molar-refractivity contribution in [2.45, 2.75) is 12.6 Å². The molecule has 47 heavy (non-hydrogen) atoms. The minimum Gasteiger partial charge on any atom is -0.478 e. The molecule has 0 spiro atoms. The molecule has 0 bridgehead atoms. The summed E-state index contributed by atoms with van der Waals surface area (Å²) in [5, 5.41) is 28.7. The molecule has 0 amide bonds. The highest BCUT2D eigenvalue weighted by molar-refractivity contribution is 5.88. The van der Waals surface area contributed by atoms with Gasteiger partial charge >= 0.3 is 17.9 Å². The average molecular weight is 655 g/mol. The zero-order chi connectivity index (χ0) is 34.0. The highest BCUT2D eigenvalue weighted by Gasteiger charge is 2.25. The van der Waals surface area contributed by atoms with Crippen LogP contribution in [0.2, 0.25) is 0 Å². The van der Waals surface area contributed by atoms with Crippen LogP contribution in [0, 0.1) is 0 Å². The molecule has 0 radical (unpaired) electrons. The summed E-state index contributed by atoms with van der Waals surface area (Å²) in [6.45, 7) is 3.10. The molecule has 2 heterocycles. The Hall–Kier alpha value is -4.31. The zero-order valence-corrected chi connectivity index (χ0v) is 26.6. The number of carboxylic acid groups (broad SMARTS) is 1. The Labute approximate surface area is 273 Å². The second-order valence-corrected chi connectivity index (χ2v) is 10.3. The van der Waals surface area contributed by atoms with E-state index in [9.17, 15) is 29.7 Å². The van der Waals surface area contributed by atoms with Crippen LogP contribution in [0.15, 0.2) is 60.7 Å². The van der Waals surface area contributed by atoms with Gasteiger partial charge in [0.05, 0.1) is 76.9 Å². The number of methoxy groups -OCH3 is 2. The van der Waals surface area contributed by atoms with E-state index in [0.29, 0.717) is 64.0 Å². The third kappa shape index (κ3) is 11.8. The van der Waals surface area contributed by atoms with E-state index < -0.39 is 23.9 Å². The Kier molecular flexibility index (Phi) is 15.8. The molecule has 1 aromatic carbocycles. The van der Waals surface area contributed by atoms with Gasteiger partial charge in [0.15, 0.2) is 0 Å². The number of carbonyl (C=O) groups is 3. The fourth-order valence-electron chi connectivity index (χ4n) is 4.82. The number of hydrogen-bond acceptors (Lipinski definition) is 13. The van der Waals surface area contributed by atoms with Gasteiger partial charge in [0, 0.05) is 32.7 Å². The minimum absolute atomic E-state index is 0.0443. The van der Waals surface area contributed by atoms with Crippen molar-refractivity contribution >= 4 is 17.9 Å². The standard InChI is InChI=1S/C33H42N4O10/c1-44-32(42)28-7-3-5-26(34-28)23-36(13-17-38)15-19-46-21-22-47-20-16-37(14-18-39)30(24-9-11-25(12-10-24)31(40)41)27-6-4-8-29(35-27)33(43)45-2/h3-12,30,38-39H,13-23H2,1-2H3,(H,40,41). The first-order valence-electron chi connectivity index (χ1n) is 15.1. The van der Waals surface area contributed by atoms with Gasteiger partial charge in [0.1, 0.15) is 11.4 Å². The molecule has 3 N–H and O–H groups in total. The fourth-order valence-corrected chi connectivity index (χ4v) is 4.82. The lowest BCUT2D eigenvalue weighted by Gasteiger charge is -2.31. The fraction of sp³-hybridized carbons (Fsp3) is 0.424. The van der Waals surface area contributed by atoms with Gasteiger partial charge in [-0.1, -0.05) is 24.3 Å². The van der Waals surface area contributed by atoms with Crippen LogP contribution in [0.1, 0.15) is 54.3 Å². The predicted molar refractivity (Wildman–Crippen MR) is 169 cm³/mol. The Morgan fingerprint density at radius 3 is 1.91 bits per heavy atom. The number of carboxylic acids is 1. The lowest BCUT2D eigenvalue weighted by molar-refractivity contribution is 0.0245. The molecule has 3 rings (SSSR count). The molecular formula is C33H42N4O10. The Balaban J connectivity index is 1.55. The summed E-state index contributed by atoms with van der Waals surface area (Å²) in [6.07, 6.45) is 0. The number of nitrogens with zero attached hydrogens (tertiary/aromatic N) is 4. The molecule has 0 saturated heterocycles. The van der Waals surface area contributed by atoms with E-state index in [1.165, 1.54) is 26.4 Å². The van der Waals surface area contributed by atoms with Crippen molar-refractivity contribution in [3.05, 3.63) is 94.6 Å². The van der Waals surface area contributed by atoms with E-state index in [1.54, 1.807) is 48.5 Å². The topological polar surface area (TPSA) is 181 Å². The smallest absolute Gasteiger partial charge is 0.356 e.